The maximum Gasteiger partial charge on any atom is 0.155 e. The van der Waals surface area contributed by atoms with Gasteiger partial charge in [0.05, 0.1) is 13.2 Å². The van der Waals surface area contributed by atoms with Crippen molar-refractivity contribution in [2.75, 3.05) is 6.61 Å². The Morgan fingerprint density at radius 2 is 2.06 bits per heavy atom. The van der Waals surface area contributed by atoms with Crippen molar-refractivity contribution in [3.8, 4) is 0 Å². The van der Waals surface area contributed by atoms with Gasteiger partial charge in [0.25, 0.3) is 0 Å². The Bertz CT molecular complexity index is 368. The third kappa shape index (κ3) is 3.31. The quantitative estimate of drug-likeness (QED) is 0.773. The smallest absolute Gasteiger partial charge is 0.155 e. The van der Waals surface area contributed by atoms with Crippen LogP contribution in [0.4, 0.5) is 0 Å². The minimum atomic E-state index is 0.222. The van der Waals surface area contributed by atoms with Crippen molar-refractivity contribution < 1.29 is 9.53 Å². The second kappa shape index (κ2) is 5.61. The van der Waals surface area contributed by atoms with E-state index in [1.165, 1.54) is 5.56 Å². The number of ether oxygens (including phenoxy) is 1. The Hall–Kier alpha value is -1.41. The van der Waals surface area contributed by atoms with Gasteiger partial charge >= 0.3 is 0 Å². The molecule has 0 fully saturated rings. The molecule has 0 saturated carbocycles. The molecule has 0 spiro atoms. The van der Waals surface area contributed by atoms with Crippen LogP contribution in [0.3, 0.4) is 0 Å². The molecule has 0 unspecified atom stereocenters. The van der Waals surface area contributed by atoms with Crippen LogP contribution >= 0.6 is 0 Å². The third-order valence-electron chi connectivity index (χ3n) is 2.73. The maximum atomic E-state index is 11.2. The minimum absolute atomic E-state index is 0.222. The van der Waals surface area contributed by atoms with Crippen LogP contribution in [0.5, 0.6) is 0 Å². The van der Waals surface area contributed by atoms with Crippen LogP contribution < -0.4 is 0 Å². The summed E-state index contributed by atoms with van der Waals surface area (Å²) in [6, 6.07) is 10.1. The molecule has 1 aliphatic rings. The number of allylic oxidation sites excluding steroid dienone is 2. The van der Waals surface area contributed by atoms with Gasteiger partial charge in [0.15, 0.2) is 5.78 Å². The zero-order chi connectivity index (χ0) is 11.2. The Labute approximate surface area is 95.9 Å². The molecule has 2 nitrogen and oxygen atoms in total. The van der Waals surface area contributed by atoms with Gasteiger partial charge in [0.2, 0.25) is 0 Å². The lowest BCUT2D eigenvalue weighted by Gasteiger charge is -2.16. The van der Waals surface area contributed by atoms with Crippen molar-refractivity contribution >= 4 is 5.78 Å². The highest BCUT2D eigenvalue weighted by molar-refractivity contribution is 5.90. The molecule has 0 amide bonds. The first-order valence-electron chi connectivity index (χ1n) is 5.65. The Morgan fingerprint density at radius 1 is 1.25 bits per heavy atom. The molecule has 1 atom stereocenters. The van der Waals surface area contributed by atoms with Crippen LogP contribution in [0, 0.1) is 5.92 Å². The zero-order valence-corrected chi connectivity index (χ0v) is 9.26. The van der Waals surface area contributed by atoms with E-state index in [-0.39, 0.29) is 5.78 Å². The fourth-order valence-corrected chi connectivity index (χ4v) is 1.87. The van der Waals surface area contributed by atoms with Crippen molar-refractivity contribution in [3.05, 3.63) is 48.0 Å². The summed E-state index contributed by atoms with van der Waals surface area (Å²) in [5, 5.41) is 0. The number of hydrogen-bond donors (Lipinski definition) is 0. The largest absolute Gasteiger partial charge is 0.376 e. The van der Waals surface area contributed by atoms with Crippen LogP contribution in [0.1, 0.15) is 18.4 Å². The van der Waals surface area contributed by atoms with E-state index in [4.69, 9.17) is 4.74 Å². The van der Waals surface area contributed by atoms with E-state index in [0.29, 0.717) is 25.6 Å². The molecule has 2 rings (SSSR count). The lowest BCUT2D eigenvalue weighted by Crippen LogP contribution is -2.16. The summed E-state index contributed by atoms with van der Waals surface area (Å²) in [7, 11) is 0. The Balaban J connectivity index is 1.72. The van der Waals surface area contributed by atoms with E-state index in [0.717, 1.165) is 6.42 Å². The van der Waals surface area contributed by atoms with Gasteiger partial charge in [-0.3, -0.25) is 4.79 Å². The summed E-state index contributed by atoms with van der Waals surface area (Å²) in [5.74, 6) is 0.584. The highest BCUT2D eigenvalue weighted by atomic mass is 16.5. The molecule has 0 heterocycles. The molecule has 0 aromatic heterocycles. The summed E-state index contributed by atoms with van der Waals surface area (Å²) in [6.07, 6.45) is 5.21. The van der Waals surface area contributed by atoms with Gasteiger partial charge in [0, 0.05) is 6.42 Å². The molecular weight excluding hydrogens is 200 g/mol. The first-order valence-corrected chi connectivity index (χ1v) is 5.65. The van der Waals surface area contributed by atoms with Crippen molar-refractivity contribution in [3.63, 3.8) is 0 Å². The van der Waals surface area contributed by atoms with E-state index >= 15 is 0 Å². The number of benzene rings is 1. The molecule has 84 valence electrons. The van der Waals surface area contributed by atoms with Crippen LogP contribution in [0.2, 0.25) is 0 Å². The van der Waals surface area contributed by atoms with Crippen LogP contribution in [-0.2, 0) is 16.1 Å². The van der Waals surface area contributed by atoms with E-state index in [2.05, 4.69) is 0 Å². The number of ketones is 1. The average Bonchev–Trinajstić information content (AvgIpc) is 2.30. The van der Waals surface area contributed by atoms with Gasteiger partial charge in [-0.05, 0) is 24.0 Å². The molecule has 0 bridgehead atoms. The SMILES string of the molecule is O=C1C=CC[C@@H](COCc2ccccc2)C1. The van der Waals surface area contributed by atoms with Crippen LogP contribution in [-0.4, -0.2) is 12.4 Å². The molecule has 0 saturated heterocycles. The fraction of sp³-hybridized carbons (Fsp3) is 0.357. The lowest BCUT2D eigenvalue weighted by atomic mass is 9.94. The molecule has 2 heteroatoms. The van der Waals surface area contributed by atoms with Gasteiger partial charge < -0.3 is 4.74 Å². The average molecular weight is 216 g/mol. The van der Waals surface area contributed by atoms with Crippen molar-refractivity contribution in [2.45, 2.75) is 19.4 Å². The number of carbonyl (C=O) groups excluding carboxylic acids is 1. The zero-order valence-electron chi connectivity index (χ0n) is 9.26. The number of hydrogen-bond acceptors (Lipinski definition) is 2. The van der Waals surface area contributed by atoms with Crippen molar-refractivity contribution in [1.82, 2.24) is 0 Å². The Morgan fingerprint density at radius 3 is 2.81 bits per heavy atom. The van der Waals surface area contributed by atoms with Gasteiger partial charge in [0.1, 0.15) is 0 Å². The standard InChI is InChI=1S/C14H16O2/c15-14-8-4-7-13(9-14)11-16-10-12-5-2-1-3-6-12/h1-6,8,13H,7,9-11H2/t13-/m1/s1. The minimum Gasteiger partial charge on any atom is -0.376 e. The lowest BCUT2D eigenvalue weighted by molar-refractivity contribution is -0.116. The highest BCUT2D eigenvalue weighted by Crippen LogP contribution is 2.16. The molecule has 1 aromatic carbocycles. The third-order valence-corrected chi connectivity index (χ3v) is 2.73. The highest BCUT2D eigenvalue weighted by Gasteiger charge is 2.15. The second-order valence-corrected chi connectivity index (χ2v) is 4.18. The molecule has 1 aliphatic carbocycles. The van der Waals surface area contributed by atoms with Gasteiger partial charge in [-0.25, -0.2) is 0 Å². The fourth-order valence-electron chi connectivity index (χ4n) is 1.87. The Kier molecular flexibility index (Phi) is 3.89. The molecule has 1 aromatic rings. The number of rotatable bonds is 4. The van der Waals surface area contributed by atoms with Gasteiger partial charge in [-0.2, -0.15) is 0 Å². The molecule has 16 heavy (non-hydrogen) atoms. The van der Waals surface area contributed by atoms with Crippen LogP contribution in [0.15, 0.2) is 42.5 Å². The topological polar surface area (TPSA) is 26.3 Å². The van der Waals surface area contributed by atoms with E-state index < -0.39 is 0 Å². The molecule has 0 N–H and O–H groups in total. The molecular formula is C14H16O2. The normalized spacial score (nSPS) is 20.0. The predicted molar refractivity (Wildman–Crippen MR) is 63.0 cm³/mol. The summed E-state index contributed by atoms with van der Waals surface area (Å²) >= 11 is 0. The predicted octanol–water partition coefficient (Wildman–Crippen LogP) is 2.74. The van der Waals surface area contributed by atoms with Crippen molar-refractivity contribution in [2.24, 2.45) is 5.92 Å². The number of carbonyl (C=O) groups is 1. The van der Waals surface area contributed by atoms with Gasteiger partial charge in [-0.1, -0.05) is 36.4 Å². The molecule has 0 radical (unpaired) electrons. The summed E-state index contributed by atoms with van der Waals surface area (Å²) in [4.78, 5) is 11.2. The van der Waals surface area contributed by atoms with E-state index in [1.807, 2.05) is 36.4 Å². The van der Waals surface area contributed by atoms with Gasteiger partial charge in [-0.15, -0.1) is 0 Å². The monoisotopic (exact) mass is 216 g/mol. The summed E-state index contributed by atoms with van der Waals surface area (Å²) < 4.78 is 5.62. The maximum absolute atomic E-state index is 11.2. The molecule has 0 aliphatic heterocycles. The summed E-state index contributed by atoms with van der Waals surface area (Å²) in [5.41, 5.74) is 1.18. The van der Waals surface area contributed by atoms with Crippen molar-refractivity contribution in [1.29, 1.82) is 0 Å². The van der Waals surface area contributed by atoms with Crippen LogP contribution in [0.25, 0.3) is 0 Å². The summed E-state index contributed by atoms with van der Waals surface area (Å²) in [6.45, 7) is 1.31. The first-order chi connectivity index (χ1) is 7.84. The van der Waals surface area contributed by atoms with E-state index in [1.54, 1.807) is 6.08 Å². The second-order valence-electron chi connectivity index (χ2n) is 4.18. The van der Waals surface area contributed by atoms with E-state index in [9.17, 15) is 4.79 Å². The first kappa shape index (κ1) is 11.1.